The van der Waals surface area contributed by atoms with Crippen LogP contribution in [0.1, 0.15) is 69.9 Å². The molecule has 1 atom stereocenters. The van der Waals surface area contributed by atoms with Crippen LogP contribution in [0.4, 0.5) is 18.0 Å². The lowest BCUT2D eigenvalue weighted by atomic mass is 9.89. The molecule has 1 saturated carbocycles. The first-order chi connectivity index (χ1) is 13.3. The molecule has 0 saturated heterocycles. The van der Waals surface area contributed by atoms with Crippen LogP contribution < -0.4 is 0 Å². The molecule has 1 aliphatic rings. The van der Waals surface area contributed by atoms with Gasteiger partial charge < -0.3 is 9.64 Å². The first-order valence-corrected chi connectivity index (χ1v) is 10.4. The van der Waals surface area contributed by atoms with Crippen molar-refractivity contribution in [2.75, 3.05) is 13.1 Å². The zero-order valence-corrected chi connectivity index (χ0v) is 16.9. The molecule has 0 N–H and O–H groups in total. The third-order valence-corrected chi connectivity index (χ3v) is 5.58. The summed E-state index contributed by atoms with van der Waals surface area (Å²) in [4.78, 5) is 14.3. The van der Waals surface area contributed by atoms with Crippen LogP contribution in [0.5, 0.6) is 0 Å². The van der Waals surface area contributed by atoms with Gasteiger partial charge in [-0.05, 0) is 56.6 Å². The summed E-state index contributed by atoms with van der Waals surface area (Å²) in [5, 5.41) is 0. The molecular weight excluding hydrogens is 367 g/mol. The maximum atomic E-state index is 12.9. The summed E-state index contributed by atoms with van der Waals surface area (Å²) in [5.41, 5.74) is -0.0291. The van der Waals surface area contributed by atoms with E-state index in [-0.39, 0.29) is 12.2 Å². The van der Waals surface area contributed by atoms with E-state index in [1.165, 1.54) is 31.4 Å². The van der Waals surface area contributed by atoms with Crippen LogP contribution in [0.15, 0.2) is 24.3 Å². The molecule has 1 unspecified atom stereocenters. The number of nitrogens with zero attached hydrogens (tertiary/aromatic N) is 1. The zero-order chi connectivity index (χ0) is 20.6. The second-order valence-corrected chi connectivity index (χ2v) is 7.69. The van der Waals surface area contributed by atoms with Gasteiger partial charge in [-0.1, -0.05) is 44.4 Å². The molecule has 0 heterocycles. The highest BCUT2D eigenvalue weighted by atomic mass is 19.4. The monoisotopic (exact) mass is 399 g/mol. The molecule has 3 nitrogen and oxygen atoms in total. The summed E-state index contributed by atoms with van der Waals surface area (Å²) in [6.07, 6.45) is 2.74. The van der Waals surface area contributed by atoms with Crippen LogP contribution in [0.2, 0.25) is 0 Å². The van der Waals surface area contributed by atoms with Crippen molar-refractivity contribution in [2.45, 2.75) is 77.5 Å². The maximum absolute atomic E-state index is 12.9. The van der Waals surface area contributed by atoms with Crippen LogP contribution in [0.3, 0.4) is 0 Å². The van der Waals surface area contributed by atoms with Crippen molar-refractivity contribution in [1.82, 2.24) is 4.90 Å². The smallest absolute Gasteiger partial charge is 0.416 e. The van der Waals surface area contributed by atoms with Gasteiger partial charge in [-0.2, -0.15) is 13.2 Å². The largest absolute Gasteiger partial charge is 0.446 e. The van der Waals surface area contributed by atoms with Gasteiger partial charge in [0.05, 0.1) is 5.56 Å². The molecule has 28 heavy (non-hydrogen) atoms. The fraction of sp³-hybridized carbons (Fsp3) is 0.682. The number of hydrogen-bond acceptors (Lipinski definition) is 2. The number of hydrogen-bond donors (Lipinski definition) is 0. The summed E-state index contributed by atoms with van der Waals surface area (Å²) in [5.74, 6) is 0.548. The fourth-order valence-corrected chi connectivity index (χ4v) is 3.81. The van der Waals surface area contributed by atoms with Crippen molar-refractivity contribution in [2.24, 2.45) is 5.92 Å². The SMILES string of the molecule is CCC(CCc1cccc(C(F)(F)F)c1)OC(=O)N(CC)CC1CCCCC1. The Kier molecular flexibility index (Phi) is 8.64. The second-order valence-electron chi connectivity index (χ2n) is 7.69. The molecule has 158 valence electrons. The third-order valence-electron chi connectivity index (χ3n) is 5.58. The molecule has 6 heteroatoms. The molecule has 1 aromatic carbocycles. The number of carbonyl (C=O) groups excluding carboxylic acids is 1. The van der Waals surface area contributed by atoms with Gasteiger partial charge in [-0.25, -0.2) is 4.79 Å². The maximum Gasteiger partial charge on any atom is 0.416 e. The third kappa shape index (κ3) is 7.02. The van der Waals surface area contributed by atoms with Crippen molar-refractivity contribution in [3.63, 3.8) is 0 Å². The molecule has 2 rings (SSSR count). The Morgan fingerprint density at radius 2 is 1.93 bits per heavy atom. The van der Waals surface area contributed by atoms with Gasteiger partial charge in [0, 0.05) is 13.1 Å². The molecule has 1 amide bonds. The van der Waals surface area contributed by atoms with E-state index in [0.717, 1.165) is 25.5 Å². The van der Waals surface area contributed by atoms with Crippen LogP contribution in [0, 0.1) is 5.92 Å². The summed E-state index contributed by atoms with van der Waals surface area (Å²) < 4.78 is 44.2. The van der Waals surface area contributed by atoms with E-state index in [2.05, 4.69) is 0 Å². The van der Waals surface area contributed by atoms with Gasteiger partial charge >= 0.3 is 12.3 Å². The highest BCUT2D eigenvalue weighted by molar-refractivity contribution is 5.67. The van der Waals surface area contributed by atoms with E-state index in [1.807, 2.05) is 13.8 Å². The van der Waals surface area contributed by atoms with Gasteiger partial charge in [-0.15, -0.1) is 0 Å². The molecule has 1 aliphatic carbocycles. The predicted octanol–water partition coefficient (Wildman–Crippen LogP) is 6.46. The van der Waals surface area contributed by atoms with E-state index in [1.54, 1.807) is 11.0 Å². The summed E-state index contributed by atoms with van der Waals surface area (Å²) >= 11 is 0. The molecule has 0 spiro atoms. The van der Waals surface area contributed by atoms with Gasteiger partial charge in [0.25, 0.3) is 0 Å². The number of rotatable bonds is 8. The number of ether oxygens (including phenoxy) is 1. The van der Waals surface area contributed by atoms with Crippen molar-refractivity contribution < 1.29 is 22.7 Å². The zero-order valence-electron chi connectivity index (χ0n) is 16.9. The minimum absolute atomic E-state index is 0.289. The molecule has 0 aromatic heterocycles. The summed E-state index contributed by atoms with van der Waals surface area (Å²) in [6.45, 7) is 5.23. The number of amides is 1. The van der Waals surface area contributed by atoms with E-state index in [4.69, 9.17) is 4.74 Å². The highest BCUT2D eigenvalue weighted by Crippen LogP contribution is 2.30. The van der Waals surface area contributed by atoms with Crippen molar-refractivity contribution in [3.8, 4) is 0 Å². The quantitative estimate of drug-likeness (QED) is 0.502. The summed E-state index contributed by atoms with van der Waals surface area (Å²) in [7, 11) is 0. The first kappa shape index (κ1) is 22.6. The number of halogens is 3. The van der Waals surface area contributed by atoms with Crippen molar-refractivity contribution in [3.05, 3.63) is 35.4 Å². The Labute approximate surface area is 166 Å². The van der Waals surface area contributed by atoms with E-state index in [9.17, 15) is 18.0 Å². The average molecular weight is 399 g/mol. The Balaban J connectivity index is 1.87. The van der Waals surface area contributed by atoms with Gasteiger partial charge in [0.1, 0.15) is 6.10 Å². The van der Waals surface area contributed by atoms with Crippen LogP contribution in [-0.4, -0.2) is 30.2 Å². The van der Waals surface area contributed by atoms with Crippen LogP contribution in [-0.2, 0) is 17.3 Å². The Morgan fingerprint density at radius 1 is 1.21 bits per heavy atom. The minimum atomic E-state index is -4.34. The molecule has 1 aromatic rings. The number of benzene rings is 1. The van der Waals surface area contributed by atoms with Crippen molar-refractivity contribution in [1.29, 1.82) is 0 Å². The minimum Gasteiger partial charge on any atom is -0.446 e. The number of carbonyl (C=O) groups is 1. The van der Waals surface area contributed by atoms with Crippen molar-refractivity contribution >= 4 is 6.09 Å². The van der Waals surface area contributed by atoms with Gasteiger partial charge in [-0.3, -0.25) is 0 Å². The van der Waals surface area contributed by atoms with Gasteiger partial charge in [0.15, 0.2) is 0 Å². The molecule has 0 radical (unpaired) electrons. The van der Waals surface area contributed by atoms with Crippen LogP contribution >= 0.6 is 0 Å². The molecule has 1 fully saturated rings. The highest BCUT2D eigenvalue weighted by Gasteiger charge is 2.30. The molecular formula is C22H32F3NO2. The topological polar surface area (TPSA) is 29.5 Å². The predicted molar refractivity (Wildman–Crippen MR) is 104 cm³/mol. The van der Waals surface area contributed by atoms with Crippen LogP contribution in [0.25, 0.3) is 0 Å². The lowest BCUT2D eigenvalue weighted by Gasteiger charge is -2.29. The second kappa shape index (κ2) is 10.7. The van der Waals surface area contributed by atoms with Gasteiger partial charge in [0.2, 0.25) is 0 Å². The Hall–Kier alpha value is -1.72. The first-order valence-electron chi connectivity index (χ1n) is 10.4. The summed E-state index contributed by atoms with van der Waals surface area (Å²) in [6, 6.07) is 5.36. The van der Waals surface area contributed by atoms with E-state index in [0.29, 0.717) is 37.3 Å². The Morgan fingerprint density at radius 3 is 2.54 bits per heavy atom. The standard InChI is InChI=1S/C22H32F3NO2/c1-3-20(14-13-17-11-8-12-19(15-17)22(23,24)25)28-21(27)26(4-2)16-18-9-6-5-7-10-18/h8,11-12,15,18,20H,3-7,9-10,13-14,16H2,1-2H3. The van der Waals surface area contributed by atoms with E-state index >= 15 is 0 Å². The number of alkyl halides is 3. The normalized spacial score (nSPS) is 16.6. The lowest BCUT2D eigenvalue weighted by molar-refractivity contribution is -0.137. The molecule has 0 bridgehead atoms. The Bertz CT molecular complexity index is 612. The van der Waals surface area contributed by atoms with E-state index < -0.39 is 11.7 Å². The number of aryl methyl sites for hydroxylation is 1. The fourth-order valence-electron chi connectivity index (χ4n) is 3.81. The average Bonchev–Trinajstić information content (AvgIpc) is 2.69. The lowest BCUT2D eigenvalue weighted by Crippen LogP contribution is -2.38. The molecule has 0 aliphatic heterocycles.